The van der Waals surface area contributed by atoms with Gasteiger partial charge in [-0.1, -0.05) is 30.3 Å². The summed E-state index contributed by atoms with van der Waals surface area (Å²) in [6.45, 7) is 4.98. The summed E-state index contributed by atoms with van der Waals surface area (Å²) < 4.78 is 4.72. The molecule has 1 aromatic heterocycles. The monoisotopic (exact) mass is 376 g/mol. The van der Waals surface area contributed by atoms with Crippen molar-refractivity contribution in [1.82, 2.24) is 9.97 Å². The second-order valence-electron chi connectivity index (χ2n) is 6.64. The Hall–Kier alpha value is -3.41. The molecule has 3 rings (SSSR count). The number of benzene rings is 2. The Morgan fingerprint density at radius 2 is 1.79 bits per heavy atom. The van der Waals surface area contributed by atoms with Crippen LogP contribution in [0, 0.1) is 0 Å². The molecule has 144 valence electrons. The summed E-state index contributed by atoms with van der Waals surface area (Å²) in [5, 5.41) is 3.26. The van der Waals surface area contributed by atoms with Crippen LogP contribution in [0.4, 0.5) is 17.5 Å². The van der Waals surface area contributed by atoms with Crippen LogP contribution in [-0.4, -0.2) is 29.1 Å². The Labute approximate surface area is 165 Å². The molecular formula is C22H24N4O2. The molecule has 0 radical (unpaired) electrons. The maximum atomic E-state index is 11.5. The average molecular weight is 376 g/mol. The molecule has 0 atom stereocenters. The Morgan fingerprint density at radius 1 is 1.07 bits per heavy atom. The molecule has 3 aromatic rings. The quantitative estimate of drug-likeness (QED) is 0.616. The van der Waals surface area contributed by atoms with Crippen LogP contribution in [0.15, 0.2) is 66.9 Å². The molecule has 0 aliphatic rings. The van der Waals surface area contributed by atoms with Crippen LogP contribution in [0.2, 0.25) is 0 Å². The summed E-state index contributed by atoms with van der Waals surface area (Å²) in [5.74, 6) is 0.994. The van der Waals surface area contributed by atoms with Crippen LogP contribution in [0.3, 0.4) is 0 Å². The molecule has 0 unspecified atom stereocenters. The van der Waals surface area contributed by atoms with E-state index in [1.165, 1.54) is 12.7 Å². The first-order valence-electron chi connectivity index (χ1n) is 9.16. The highest BCUT2D eigenvalue weighted by Gasteiger charge is 2.15. The van der Waals surface area contributed by atoms with Gasteiger partial charge in [-0.15, -0.1) is 0 Å². The zero-order valence-electron chi connectivity index (χ0n) is 16.3. The fourth-order valence-electron chi connectivity index (χ4n) is 2.78. The third-order valence-electron chi connectivity index (χ3n) is 4.30. The molecule has 0 amide bonds. The van der Waals surface area contributed by atoms with Gasteiger partial charge in [0.25, 0.3) is 0 Å². The zero-order valence-corrected chi connectivity index (χ0v) is 16.3. The van der Waals surface area contributed by atoms with E-state index in [0.717, 1.165) is 12.2 Å². The molecule has 28 heavy (non-hydrogen) atoms. The summed E-state index contributed by atoms with van der Waals surface area (Å²) in [7, 11) is 1.37. The normalized spacial score (nSPS) is 10.6. The number of hydrogen-bond acceptors (Lipinski definition) is 6. The lowest BCUT2D eigenvalue weighted by Gasteiger charge is -2.27. The lowest BCUT2D eigenvalue weighted by Crippen LogP contribution is -2.31. The summed E-state index contributed by atoms with van der Waals surface area (Å²) in [4.78, 5) is 22.8. The molecule has 0 fully saturated rings. The van der Waals surface area contributed by atoms with Crippen LogP contribution in [0.1, 0.15) is 29.8 Å². The van der Waals surface area contributed by atoms with Crippen molar-refractivity contribution in [2.24, 2.45) is 0 Å². The highest BCUT2D eigenvalue weighted by atomic mass is 16.5. The van der Waals surface area contributed by atoms with Crippen molar-refractivity contribution < 1.29 is 9.53 Å². The van der Waals surface area contributed by atoms with Crippen molar-refractivity contribution >= 4 is 23.4 Å². The van der Waals surface area contributed by atoms with Gasteiger partial charge in [0.2, 0.25) is 5.95 Å². The van der Waals surface area contributed by atoms with Crippen molar-refractivity contribution in [2.75, 3.05) is 17.3 Å². The minimum Gasteiger partial charge on any atom is -0.465 e. The van der Waals surface area contributed by atoms with E-state index in [0.29, 0.717) is 17.3 Å². The van der Waals surface area contributed by atoms with Gasteiger partial charge in [0.15, 0.2) is 0 Å². The van der Waals surface area contributed by atoms with Crippen molar-refractivity contribution in [1.29, 1.82) is 0 Å². The molecule has 6 heteroatoms. The van der Waals surface area contributed by atoms with E-state index < -0.39 is 0 Å². The number of nitrogens with one attached hydrogen (secondary N) is 1. The van der Waals surface area contributed by atoms with E-state index in [2.05, 4.69) is 46.2 Å². The third-order valence-corrected chi connectivity index (χ3v) is 4.30. The van der Waals surface area contributed by atoms with Crippen LogP contribution in [0.25, 0.3) is 0 Å². The lowest BCUT2D eigenvalue weighted by molar-refractivity contribution is 0.0601. The SMILES string of the molecule is COC(=O)c1ccc(Nc2ccnc(N(Cc3ccccc3)C(C)C)n2)cc1. The Balaban J connectivity index is 1.77. The molecular weight excluding hydrogens is 352 g/mol. The van der Waals surface area contributed by atoms with E-state index >= 15 is 0 Å². The molecule has 1 heterocycles. The van der Waals surface area contributed by atoms with Gasteiger partial charge in [0, 0.05) is 24.5 Å². The molecule has 6 nitrogen and oxygen atoms in total. The molecule has 2 aromatic carbocycles. The fourth-order valence-corrected chi connectivity index (χ4v) is 2.78. The van der Waals surface area contributed by atoms with Crippen LogP contribution >= 0.6 is 0 Å². The molecule has 0 saturated heterocycles. The van der Waals surface area contributed by atoms with Gasteiger partial charge in [-0.3, -0.25) is 0 Å². The van der Waals surface area contributed by atoms with Crippen molar-refractivity contribution in [2.45, 2.75) is 26.4 Å². The largest absolute Gasteiger partial charge is 0.465 e. The maximum Gasteiger partial charge on any atom is 0.337 e. The van der Waals surface area contributed by atoms with Gasteiger partial charge in [0.05, 0.1) is 12.7 Å². The Kier molecular flexibility index (Phi) is 6.22. The predicted octanol–water partition coefficient (Wildman–Crippen LogP) is 4.42. The standard InChI is InChI=1S/C22H24N4O2/c1-16(2)26(15-17-7-5-4-6-8-17)22-23-14-13-20(25-22)24-19-11-9-18(10-12-19)21(27)28-3/h4-14,16H,15H2,1-3H3,(H,23,24,25). The van der Waals surface area contributed by atoms with E-state index in [1.54, 1.807) is 18.3 Å². The van der Waals surface area contributed by atoms with Gasteiger partial charge in [-0.25, -0.2) is 9.78 Å². The first-order chi connectivity index (χ1) is 13.6. The molecule has 0 spiro atoms. The van der Waals surface area contributed by atoms with Crippen molar-refractivity contribution in [3.8, 4) is 0 Å². The fraction of sp³-hybridized carbons (Fsp3) is 0.227. The second kappa shape index (κ2) is 8.99. The number of anilines is 3. The number of rotatable bonds is 7. The van der Waals surface area contributed by atoms with Crippen LogP contribution in [0.5, 0.6) is 0 Å². The summed E-state index contributed by atoms with van der Waals surface area (Å²) in [5.41, 5.74) is 2.54. The molecule has 1 N–H and O–H groups in total. The molecule has 0 aliphatic heterocycles. The van der Waals surface area contributed by atoms with Gasteiger partial charge in [-0.05, 0) is 49.7 Å². The topological polar surface area (TPSA) is 67.3 Å². The Bertz CT molecular complexity index is 911. The smallest absolute Gasteiger partial charge is 0.337 e. The number of hydrogen-bond donors (Lipinski definition) is 1. The zero-order chi connectivity index (χ0) is 19.9. The van der Waals surface area contributed by atoms with Gasteiger partial charge < -0.3 is 15.0 Å². The van der Waals surface area contributed by atoms with Crippen LogP contribution in [-0.2, 0) is 11.3 Å². The Morgan fingerprint density at radius 3 is 2.43 bits per heavy atom. The van der Waals surface area contributed by atoms with Gasteiger partial charge in [-0.2, -0.15) is 4.98 Å². The summed E-state index contributed by atoms with van der Waals surface area (Å²) in [6, 6.07) is 19.4. The highest BCUT2D eigenvalue weighted by Crippen LogP contribution is 2.20. The number of esters is 1. The first-order valence-corrected chi connectivity index (χ1v) is 9.16. The van der Waals surface area contributed by atoms with E-state index in [1.807, 2.05) is 36.4 Å². The number of carbonyl (C=O) groups excluding carboxylic acids is 1. The average Bonchev–Trinajstić information content (AvgIpc) is 2.73. The van der Waals surface area contributed by atoms with E-state index in [-0.39, 0.29) is 12.0 Å². The summed E-state index contributed by atoms with van der Waals surface area (Å²) in [6.07, 6.45) is 1.74. The summed E-state index contributed by atoms with van der Waals surface area (Å²) >= 11 is 0. The first kappa shape index (κ1) is 19.4. The van der Waals surface area contributed by atoms with Crippen molar-refractivity contribution in [3.63, 3.8) is 0 Å². The number of methoxy groups -OCH3 is 1. The molecule has 0 aliphatic carbocycles. The van der Waals surface area contributed by atoms with Gasteiger partial charge in [0.1, 0.15) is 5.82 Å². The van der Waals surface area contributed by atoms with Crippen molar-refractivity contribution in [3.05, 3.63) is 78.0 Å². The number of aromatic nitrogens is 2. The number of nitrogens with zero attached hydrogens (tertiary/aromatic N) is 3. The van der Waals surface area contributed by atoms with Gasteiger partial charge >= 0.3 is 5.97 Å². The number of ether oxygens (including phenoxy) is 1. The molecule has 0 bridgehead atoms. The lowest BCUT2D eigenvalue weighted by atomic mass is 10.2. The molecule has 0 saturated carbocycles. The predicted molar refractivity (Wildman–Crippen MR) is 111 cm³/mol. The third kappa shape index (κ3) is 4.85. The second-order valence-corrected chi connectivity index (χ2v) is 6.64. The maximum absolute atomic E-state index is 11.5. The number of carbonyl (C=O) groups is 1. The van der Waals surface area contributed by atoms with E-state index in [4.69, 9.17) is 4.74 Å². The minimum absolute atomic E-state index is 0.245. The minimum atomic E-state index is -0.357. The van der Waals surface area contributed by atoms with E-state index in [9.17, 15) is 4.79 Å². The van der Waals surface area contributed by atoms with Crippen LogP contribution < -0.4 is 10.2 Å². The highest BCUT2D eigenvalue weighted by molar-refractivity contribution is 5.89.